The first-order valence-electron chi connectivity index (χ1n) is 8.02. The van der Waals surface area contributed by atoms with Crippen LogP contribution in [0.3, 0.4) is 0 Å². The van der Waals surface area contributed by atoms with Gasteiger partial charge in [0.05, 0.1) is 11.6 Å². The van der Waals surface area contributed by atoms with Crippen molar-refractivity contribution in [2.75, 3.05) is 6.61 Å². The van der Waals surface area contributed by atoms with Gasteiger partial charge in [-0.2, -0.15) is 5.26 Å². The third-order valence-corrected chi connectivity index (χ3v) is 3.68. The molecule has 4 atom stereocenters. The molecule has 0 aromatic heterocycles. The largest absolute Gasteiger partial charge is 0.463 e. The van der Waals surface area contributed by atoms with E-state index in [1.165, 1.54) is 13.8 Å². The fourth-order valence-electron chi connectivity index (χ4n) is 2.58. The second-order valence-electron chi connectivity index (χ2n) is 5.71. The van der Waals surface area contributed by atoms with E-state index in [0.29, 0.717) is 5.56 Å². The second-order valence-corrected chi connectivity index (χ2v) is 5.71. The van der Waals surface area contributed by atoms with Gasteiger partial charge in [-0.3, -0.25) is 9.59 Å². The molecule has 1 saturated heterocycles. The first kappa shape index (κ1) is 19.4. The van der Waals surface area contributed by atoms with Crippen molar-refractivity contribution >= 4 is 17.9 Å². The van der Waals surface area contributed by atoms with Crippen LogP contribution in [0.4, 0.5) is 0 Å². The third kappa shape index (κ3) is 5.29. The lowest BCUT2D eigenvalue weighted by molar-refractivity contribution is -0.198. The van der Waals surface area contributed by atoms with Crippen molar-refractivity contribution in [2.45, 2.75) is 44.7 Å². The van der Waals surface area contributed by atoms with Gasteiger partial charge in [0.15, 0.2) is 6.10 Å². The number of carbonyl (C=O) groups is 3. The van der Waals surface area contributed by atoms with E-state index >= 15 is 0 Å². The fraction of sp³-hybridized carbons (Fsp3) is 0.444. The molecule has 8 nitrogen and oxygen atoms in total. The Bertz CT molecular complexity index is 697. The average molecular weight is 361 g/mol. The van der Waals surface area contributed by atoms with Crippen LogP contribution in [0.1, 0.15) is 30.6 Å². The summed E-state index contributed by atoms with van der Waals surface area (Å²) in [5.41, 5.74) is 0.325. The summed E-state index contributed by atoms with van der Waals surface area (Å²) in [7, 11) is 0. The normalized spacial score (nSPS) is 24.8. The van der Waals surface area contributed by atoms with E-state index in [0.717, 1.165) is 0 Å². The molecule has 8 heteroatoms. The van der Waals surface area contributed by atoms with E-state index in [1.807, 2.05) is 6.07 Å². The van der Waals surface area contributed by atoms with Crippen molar-refractivity contribution in [1.29, 1.82) is 5.26 Å². The Labute approximate surface area is 150 Å². The van der Waals surface area contributed by atoms with E-state index in [9.17, 15) is 19.6 Å². The van der Waals surface area contributed by atoms with Crippen LogP contribution in [-0.2, 0) is 28.5 Å². The first-order valence-corrected chi connectivity index (χ1v) is 8.02. The van der Waals surface area contributed by atoms with Gasteiger partial charge < -0.3 is 18.9 Å². The molecule has 0 saturated carbocycles. The standard InChI is InChI=1S/C18H19NO7/c1-11(20)23-10-16-17(24-12(2)21)15(8-14(9-19)25-16)26-18(22)13-6-4-3-5-7-13/h3-7,14-17H,8,10H2,1-2H3/t14-,15+,16+,17-/m0/s1. The Kier molecular flexibility index (Phi) is 6.69. The highest BCUT2D eigenvalue weighted by atomic mass is 16.6. The van der Waals surface area contributed by atoms with Crippen LogP contribution in [0.25, 0.3) is 0 Å². The molecule has 138 valence electrons. The Hall–Kier alpha value is -2.92. The Balaban J connectivity index is 2.20. The Morgan fingerprint density at radius 2 is 1.85 bits per heavy atom. The summed E-state index contributed by atoms with van der Waals surface area (Å²) in [5.74, 6) is -1.77. The van der Waals surface area contributed by atoms with E-state index < -0.39 is 42.3 Å². The summed E-state index contributed by atoms with van der Waals surface area (Å²) in [4.78, 5) is 34.9. The lowest BCUT2D eigenvalue weighted by Crippen LogP contribution is -2.53. The number of hydrogen-bond donors (Lipinski definition) is 0. The molecule has 0 spiro atoms. The average Bonchev–Trinajstić information content (AvgIpc) is 2.61. The minimum atomic E-state index is -0.996. The third-order valence-electron chi connectivity index (χ3n) is 3.68. The predicted octanol–water partition coefficient (Wildman–Crippen LogP) is 1.39. The van der Waals surface area contributed by atoms with Gasteiger partial charge >= 0.3 is 17.9 Å². The molecule has 0 N–H and O–H groups in total. The van der Waals surface area contributed by atoms with Gasteiger partial charge in [-0.25, -0.2) is 4.79 Å². The van der Waals surface area contributed by atoms with E-state index in [2.05, 4.69) is 0 Å². The molecule has 26 heavy (non-hydrogen) atoms. The molecule has 0 radical (unpaired) electrons. The molecule has 2 rings (SSSR count). The number of nitrogens with zero attached hydrogens (tertiary/aromatic N) is 1. The van der Waals surface area contributed by atoms with Crippen LogP contribution in [0.2, 0.25) is 0 Å². The molecular weight excluding hydrogens is 342 g/mol. The summed E-state index contributed by atoms with van der Waals surface area (Å²) in [6, 6.07) is 10.2. The number of ether oxygens (including phenoxy) is 4. The van der Waals surface area contributed by atoms with Gasteiger partial charge in [0.25, 0.3) is 0 Å². The second kappa shape index (κ2) is 8.97. The number of nitriles is 1. The van der Waals surface area contributed by atoms with Gasteiger partial charge in [-0.15, -0.1) is 0 Å². The van der Waals surface area contributed by atoms with Gasteiger partial charge in [-0.05, 0) is 12.1 Å². The lowest BCUT2D eigenvalue weighted by Gasteiger charge is -2.38. The zero-order chi connectivity index (χ0) is 19.1. The highest BCUT2D eigenvalue weighted by Crippen LogP contribution is 2.26. The molecule has 1 aromatic rings. The molecule has 1 heterocycles. The quantitative estimate of drug-likeness (QED) is 0.571. The van der Waals surface area contributed by atoms with Crippen LogP contribution in [0.15, 0.2) is 30.3 Å². The summed E-state index contributed by atoms with van der Waals surface area (Å²) >= 11 is 0. The van der Waals surface area contributed by atoms with Gasteiger partial charge in [-0.1, -0.05) is 18.2 Å². The topological polar surface area (TPSA) is 112 Å². The molecule has 0 amide bonds. The summed E-state index contributed by atoms with van der Waals surface area (Å²) in [6.07, 6.45) is -3.69. The van der Waals surface area contributed by atoms with Crippen molar-refractivity contribution in [3.05, 3.63) is 35.9 Å². The maximum absolute atomic E-state index is 12.3. The van der Waals surface area contributed by atoms with E-state index in [1.54, 1.807) is 30.3 Å². The molecular formula is C18H19NO7. The number of rotatable bonds is 5. The highest BCUT2D eigenvalue weighted by Gasteiger charge is 2.44. The maximum atomic E-state index is 12.3. The van der Waals surface area contributed by atoms with Crippen molar-refractivity contribution in [3.8, 4) is 6.07 Å². The van der Waals surface area contributed by atoms with Crippen LogP contribution in [0.5, 0.6) is 0 Å². The zero-order valence-corrected chi connectivity index (χ0v) is 14.4. The molecule has 0 aliphatic carbocycles. The van der Waals surface area contributed by atoms with Crippen molar-refractivity contribution in [1.82, 2.24) is 0 Å². The Morgan fingerprint density at radius 3 is 2.42 bits per heavy atom. The SMILES string of the molecule is CC(=O)OC[C@H]1O[C@H](C#N)C[C@@H](OC(=O)c2ccccc2)[C@@H]1OC(C)=O. The number of hydrogen-bond acceptors (Lipinski definition) is 8. The smallest absolute Gasteiger partial charge is 0.338 e. The first-order chi connectivity index (χ1) is 12.4. The summed E-state index contributed by atoms with van der Waals surface area (Å²) in [5, 5.41) is 9.19. The number of benzene rings is 1. The van der Waals surface area contributed by atoms with Crippen molar-refractivity contribution in [3.63, 3.8) is 0 Å². The zero-order valence-electron chi connectivity index (χ0n) is 14.4. The van der Waals surface area contributed by atoms with Gasteiger partial charge in [0, 0.05) is 20.3 Å². The predicted molar refractivity (Wildman–Crippen MR) is 86.7 cm³/mol. The molecule has 1 aromatic carbocycles. The fourth-order valence-corrected chi connectivity index (χ4v) is 2.58. The minimum Gasteiger partial charge on any atom is -0.463 e. The number of carbonyl (C=O) groups excluding carboxylic acids is 3. The monoisotopic (exact) mass is 361 g/mol. The summed E-state index contributed by atoms with van der Waals surface area (Å²) in [6.45, 7) is 2.19. The van der Waals surface area contributed by atoms with Crippen LogP contribution in [-0.4, -0.2) is 48.9 Å². The van der Waals surface area contributed by atoms with Crippen LogP contribution < -0.4 is 0 Å². The van der Waals surface area contributed by atoms with Gasteiger partial charge in [0.1, 0.15) is 24.9 Å². The molecule has 1 fully saturated rings. The molecule has 1 aliphatic heterocycles. The van der Waals surface area contributed by atoms with Crippen LogP contribution in [0, 0.1) is 11.3 Å². The van der Waals surface area contributed by atoms with Crippen molar-refractivity contribution < 1.29 is 33.3 Å². The van der Waals surface area contributed by atoms with Crippen LogP contribution >= 0.6 is 0 Å². The minimum absolute atomic E-state index is 0.0313. The van der Waals surface area contributed by atoms with Gasteiger partial charge in [0.2, 0.25) is 0 Å². The summed E-state index contributed by atoms with van der Waals surface area (Å²) < 4.78 is 21.1. The molecule has 1 aliphatic rings. The lowest BCUT2D eigenvalue weighted by atomic mass is 9.98. The van der Waals surface area contributed by atoms with E-state index in [-0.39, 0.29) is 13.0 Å². The van der Waals surface area contributed by atoms with E-state index in [4.69, 9.17) is 18.9 Å². The van der Waals surface area contributed by atoms with Crippen molar-refractivity contribution in [2.24, 2.45) is 0 Å². The number of esters is 3. The molecule has 0 bridgehead atoms. The highest BCUT2D eigenvalue weighted by molar-refractivity contribution is 5.89. The molecule has 0 unspecified atom stereocenters. The maximum Gasteiger partial charge on any atom is 0.338 e. The Morgan fingerprint density at radius 1 is 1.15 bits per heavy atom.